The number of pyridine rings is 1. The van der Waals surface area contributed by atoms with E-state index in [1.165, 1.54) is 0 Å². The number of carbonyl (C=O) groups excluding carboxylic acids is 2. The van der Waals surface area contributed by atoms with E-state index in [1.54, 1.807) is 67.0 Å². The van der Waals surface area contributed by atoms with Crippen LogP contribution in [-0.4, -0.2) is 23.3 Å². The van der Waals surface area contributed by atoms with Crippen LogP contribution in [0.5, 0.6) is 0 Å². The summed E-state index contributed by atoms with van der Waals surface area (Å²) in [6.07, 6.45) is 3.22. The monoisotopic (exact) mass is 438 g/mol. The normalized spacial score (nSPS) is 11.5. The molecule has 0 fully saturated rings. The molecule has 1 unspecified atom stereocenters. The van der Waals surface area contributed by atoms with Crippen molar-refractivity contribution in [1.82, 2.24) is 10.3 Å². The van der Waals surface area contributed by atoms with Crippen LogP contribution in [-0.2, 0) is 0 Å². The molecule has 0 aliphatic rings. The number of rotatable bonds is 6. The second-order valence-electron chi connectivity index (χ2n) is 6.14. The largest absolute Gasteiger partial charge is 0.350 e. The van der Waals surface area contributed by atoms with Crippen LogP contribution in [0.3, 0.4) is 0 Å². The van der Waals surface area contributed by atoms with Gasteiger partial charge in [-0.2, -0.15) is 0 Å². The number of nitrogens with one attached hydrogen (secondary N) is 2. The highest BCUT2D eigenvalue weighted by Gasteiger charge is 2.12. The molecule has 0 saturated heterocycles. The molecule has 6 nitrogen and oxygen atoms in total. The zero-order chi connectivity index (χ0) is 19.9. The van der Waals surface area contributed by atoms with Gasteiger partial charge in [0.05, 0.1) is 0 Å². The summed E-state index contributed by atoms with van der Waals surface area (Å²) in [4.78, 5) is 28.4. The molecule has 1 heterocycles. The van der Waals surface area contributed by atoms with E-state index >= 15 is 0 Å². The number of hydrogen-bond acceptors (Lipinski definition) is 4. The van der Waals surface area contributed by atoms with Crippen molar-refractivity contribution in [2.24, 2.45) is 5.73 Å². The van der Waals surface area contributed by atoms with Gasteiger partial charge in [0.1, 0.15) is 0 Å². The van der Waals surface area contributed by atoms with Gasteiger partial charge in [0.25, 0.3) is 11.8 Å². The van der Waals surface area contributed by atoms with Gasteiger partial charge in [-0.3, -0.25) is 14.6 Å². The number of carbonyl (C=O) groups is 2. The minimum atomic E-state index is -0.381. The number of halogens is 1. The zero-order valence-electron chi connectivity index (χ0n) is 14.9. The quantitative estimate of drug-likeness (QED) is 0.548. The molecule has 0 radical (unpaired) electrons. The van der Waals surface area contributed by atoms with E-state index in [0.29, 0.717) is 16.8 Å². The highest BCUT2D eigenvalue weighted by atomic mass is 79.9. The van der Waals surface area contributed by atoms with Gasteiger partial charge in [-0.05, 0) is 48.0 Å². The smallest absolute Gasteiger partial charge is 0.255 e. The summed E-state index contributed by atoms with van der Waals surface area (Å²) in [6.45, 7) is 0.286. The number of nitrogens with two attached hydrogens (primary N) is 1. The van der Waals surface area contributed by atoms with Crippen LogP contribution < -0.4 is 16.4 Å². The van der Waals surface area contributed by atoms with Gasteiger partial charge in [-0.25, -0.2) is 0 Å². The molecule has 0 aliphatic carbocycles. The third-order valence-electron chi connectivity index (χ3n) is 4.11. The average Bonchev–Trinajstić information content (AvgIpc) is 2.72. The molecule has 4 N–H and O–H groups in total. The molecule has 0 bridgehead atoms. The topological polar surface area (TPSA) is 97.1 Å². The molecule has 7 heteroatoms. The number of nitrogens with zero attached hydrogens (tertiary/aromatic N) is 1. The molecular weight excluding hydrogens is 420 g/mol. The molecule has 142 valence electrons. The minimum Gasteiger partial charge on any atom is -0.350 e. The molecule has 2 amide bonds. The number of anilines is 1. The number of aromatic nitrogens is 1. The molecular formula is C21H19BrN4O2. The SMILES string of the molecule is NC(CNC(=O)c1cccc(Br)c1)c1ccc(C(=O)Nc2ccncc2)cc1. The van der Waals surface area contributed by atoms with Crippen LogP contribution in [0.1, 0.15) is 32.3 Å². The first-order valence-electron chi connectivity index (χ1n) is 8.63. The number of hydrogen-bond donors (Lipinski definition) is 3. The van der Waals surface area contributed by atoms with Gasteiger partial charge in [0.2, 0.25) is 0 Å². The standard InChI is InChI=1S/C21H19BrN4O2/c22-17-3-1-2-16(12-17)20(27)25-13-19(23)14-4-6-15(7-5-14)21(28)26-18-8-10-24-11-9-18/h1-12,19H,13,23H2,(H,25,27)(H,24,26,28). The Hall–Kier alpha value is -3.03. The Labute approximate surface area is 171 Å². The van der Waals surface area contributed by atoms with Crippen molar-refractivity contribution in [2.75, 3.05) is 11.9 Å². The summed E-state index contributed by atoms with van der Waals surface area (Å²) in [5.41, 5.74) is 8.75. The van der Waals surface area contributed by atoms with Crippen LogP contribution in [0.25, 0.3) is 0 Å². The zero-order valence-corrected chi connectivity index (χ0v) is 16.5. The summed E-state index contributed by atoms with van der Waals surface area (Å²) in [5, 5.41) is 5.62. The van der Waals surface area contributed by atoms with E-state index in [2.05, 4.69) is 31.5 Å². The molecule has 0 saturated carbocycles. The summed E-state index contributed by atoms with van der Waals surface area (Å²) in [7, 11) is 0. The Morgan fingerprint density at radius 2 is 1.68 bits per heavy atom. The number of benzene rings is 2. The maximum atomic E-state index is 12.3. The second kappa shape index (κ2) is 9.25. The fraction of sp³-hybridized carbons (Fsp3) is 0.0952. The third-order valence-corrected chi connectivity index (χ3v) is 4.60. The molecule has 0 spiro atoms. The van der Waals surface area contributed by atoms with Crippen LogP contribution in [0.15, 0.2) is 77.5 Å². The highest BCUT2D eigenvalue weighted by Crippen LogP contribution is 2.14. The molecule has 3 aromatic rings. The van der Waals surface area contributed by atoms with Gasteiger partial charge >= 0.3 is 0 Å². The molecule has 1 atom stereocenters. The molecule has 0 aliphatic heterocycles. The Kier molecular flexibility index (Phi) is 6.52. The summed E-state index contributed by atoms with van der Waals surface area (Å²) >= 11 is 3.35. The fourth-order valence-corrected chi connectivity index (χ4v) is 2.97. The van der Waals surface area contributed by atoms with Crippen molar-refractivity contribution in [1.29, 1.82) is 0 Å². The first-order valence-corrected chi connectivity index (χ1v) is 9.43. The summed E-state index contributed by atoms with van der Waals surface area (Å²) in [5.74, 6) is -0.403. The van der Waals surface area contributed by atoms with Crippen molar-refractivity contribution >= 4 is 33.4 Å². The van der Waals surface area contributed by atoms with E-state index in [9.17, 15) is 9.59 Å². The van der Waals surface area contributed by atoms with E-state index < -0.39 is 0 Å². The predicted molar refractivity (Wildman–Crippen MR) is 112 cm³/mol. The Morgan fingerprint density at radius 1 is 0.964 bits per heavy atom. The Morgan fingerprint density at radius 3 is 2.36 bits per heavy atom. The van der Waals surface area contributed by atoms with Gasteiger partial charge in [0.15, 0.2) is 0 Å². The van der Waals surface area contributed by atoms with Crippen LogP contribution >= 0.6 is 15.9 Å². The fourth-order valence-electron chi connectivity index (χ4n) is 2.57. The molecule has 1 aromatic heterocycles. The first kappa shape index (κ1) is 19.7. The van der Waals surface area contributed by atoms with Crippen molar-refractivity contribution in [2.45, 2.75) is 6.04 Å². The lowest BCUT2D eigenvalue weighted by Crippen LogP contribution is -2.31. The maximum Gasteiger partial charge on any atom is 0.255 e. The Balaban J connectivity index is 1.56. The van der Waals surface area contributed by atoms with Crippen molar-refractivity contribution < 1.29 is 9.59 Å². The van der Waals surface area contributed by atoms with E-state index in [1.807, 2.05) is 6.07 Å². The Bertz CT molecular complexity index is 962. The van der Waals surface area contributed by atoms with Gasteiger partial charge < -0.3 is 16.4 Å². The number of amides is 2. The van der Waals surface area contributed by atoms with Crippen LogP contribution in [0.2, 0.25) is 0 Å². The van der Waals surface area contributed by atoms with Gasteiger partial charge in [-0.1, -0.05) is 34.1 Å². The van der Waals surface area contributed by atoms with Crippen molar-refractivity contribution in [3.05, 3.63) is 94.2 Å². The molecule has 28 heavy (non-hydrogen) atoms. The van der Waals surface area contributed by atoms with Crippen LogP contribution in [0, 0.1) is 0 Å². The van der Waals surface area contributed by atoms with Gasteiger partial charge in [-0.15, -0.1) is 0 Å². The maximum absolute atomic E-state index is 12.3. The van der Waals surface area contributed by atoms with E-state index in [4.69, 9.17) is 5.73 Å². The minimum absolute atomic E-state index is 0.190. The highest BCUT2D eigenvalue weighted by molar-refractivity contribution is 9.10. The average molecular weight is 439 g/mol. The molecule has 2 aromatic carbocycles. The lowest BCUT2D eigenvalue weighted by molar-refractivity contribution is 0.0950. The van der Waals surface area contributed by atoms with Gasteiger partial charge in [0, 0.05) is 46.3 Å². The van der Waals surface area contributed by atoms with E-state index in [0.717, 1.165) is 10.0 Å². The lowest BCUT2D eigenvalue weighted by atomic mass is 10.0. The lowest BCUT2D eigenvalue weighted by Gasteiger charge is -2.14. The van der Waals surface area contributed by atoms with Crippen molar-refractivity contribution in [3.63, 3.8) is 0 Å². The second-order valence-corrected chi connectivity index (χ2v) is 7.05. The van der Waals surface area contributed by atoms with Crippen molar-refractivity contribution in [3.8, 4) is 0 Å². The van der Waals surface area contributed by atoms with Crippen LogP contribution in [0.4, 0.5) is 5.69 Å². The first-order chi connectivity index (χ1) is 13.5. The van der Waals surface area contributed by atoms with E-state index in [-0.39, 0.29) is 24.4 Å². The predicted octanol–water partition coefficient (Wildman–Crippen LogP) is 3.53. The summed E-state index contributed by atoms with van der Waals surface area (Å²) < 4.78 is 0.838. The molecule has 3 rings (SSSR count). The third kappa shape index (κ3) is 5.25. The summed E-state index contributed by atoms with van der Waals surface area (Å²) in [6, 6.07) is 17.2.